The summed E-state index contributed by atoms with van der Waals surface area (Å²) < 4.78 is 14.9. The minimum Gasteiger partial charge on any atom is -0.291 e. The van der Waals surface area contributed by atoms with Gasteiger partial charge in [0.25, 0.3) is 0 Å². The number of halogens is 1. The molecule has 1 aromatic heterocycles. The Morgan fingerprint density at radius 3 is 3.06 bits per heavy atom. The summed E-state index contributed by atoms with van der Waals surface area (Å²) in [5.74, 6) is 0.309. The Labute approximate surface area is 99.3 Å². The van der Waals surface area contributed by atoms with Crippen LogP contribution in [0.4, 0.5) is 10.2 Å². The van der Waals surface area contributed by atoms with Crippen molar-refractivity contribution in [3.05, 3.63) is 48.2 Å². The topological polar surface area (TPSA) is 47.2 Å². The van der Waals surface area contributed by atoms with Gasteiger partial charge in [0.15, 0.2) is 11.4 Å². The van der Waals surface area contributed by atoms with Gasteiger partial charge >= 0.3 is 0 Å². The monoisotopic (exact) mass is 249 g/mol. The number of carbonyl (C=O) groups excluding carboxylic acids is 1. The zero-order valence-electron chi connectivity index (χ0n) is 8.62. The molecule has 2 aromatic rings. The third-order valence-corrected chi connectivity index (χ3v) is 4.22. The summed E-state index contributed by atoms with van der Waals surface area (Å²) in [6, 6.07) is 6.11. The Kier molecular flexibility index (Phi) is 2.29. The lowest BCUT2D eigenvalue weighted by molar-refractivity contribution is 0.569. The van der Waals surface area contributed by atoms with Crippen LogP contribution in [0.1, 0.15) is 5.56 Å². The summed E-state index contributed by atoms with van der Waals surface area (Å²) in [4.78, 5) is 19.4. The number of carbonyl (C=O) groups is 1. The summed E-state index contributed by atoms with van der Waals surface area (Å²) in [6.07, 6.45) is 3.16. The van der Waals surface area contributed by atoms with E-state index in [1.54, 1.807) is 28.6 Å². The molecule has 1 unspecified atom stereocenters. The highest BCUT2D eigenvalue weighted by Gasteiger charge is 2.24. The van der Waals surface area contributed by atoms with Crippen molar-refractivity contribution in [3.63, 3.8) is 0 Å². The van der Waals surface area contributed by atoms with E-state index in [1.807, 2.05) is 0 Å². The molecular formula is C11H8FN3OS. The van der Waals surface area contributed by atoms with E-state index in [2.05, 4.69) is 9.98 Å². The first kappa shape index (κ1) is 10.2. The number of benzene rings is 1. The summed E-state index contributed by atoms with van der Waals surface area (Å²) in [5, 5.41) is 0.618. The molecule has 0 saturated carbocycles. The van der Waals surface area contributed by atoms with E-state index in [0.717, 1.165) is 5.62 Å². The summed E-state index contributed by atoms with van der Waals surface area (Å²) >= 11 is -1.22. The Morgan fingerprint density at radius 1 is 1.41 bits per heavy atom. The lowest BCUT2D eigenvalue weighted by Crippen LogP contribution is -2.04. The van der Waals surface area contributed by atoms with E-state index in [-0.39, 0.29) is 5.82 Å². The van der Waals surface area contributed by atoms with Gasteiger partial charge in [-0.1, -0.05) is 23.2 Å². The minimum absolute atomic E-state index is 0.333. The van der Waals surface area contributed by atoms with Crippen LogP contribution in [-0.4, -0.2) is 19.6 Å². The molecular weight excluding hydrogens is 241 g/mol. The normalized spacial score (nSPS) is 19.8. The van der Waals surface area contributed by atoms with Crippen molar-refractivity contribution in [2.24, 2.45) is 4.99 Å². The highest BCUT2D eigenvalue weighted by atomic mass is 32.2. The maximum atomic E-state index is 13.2. The highest BCUT2D eigenvalue weighted by Crippen LogP contribution is 2.41. The lowest BCUT2D eigenvalue weighted by atomic mass is 10.2. The SMILES string of the molecule is O=C[SH]1C(c2cccc(F)c2)=Nc2cncn21. The van der Waals surface area contributed by atoms with Gasteiger partial charge in [-0.2, -0.15) is 0 Å². The number of nitrogens with zero attached hydrogens (tertiary/aromatic N) is 3. The summed E-state index contributed by atoms with van der Waals surface area (Å²) in [5.41, 5.74) is 1.49. The van der Waals surface area contributed by atoms with Crippen molar-refractivity contribution in [1.29, 1.82) is 0 Å². The number of thiol groups is 1. The van der Waals surface area contributed by atoms with Gasteiger partial charge in [-0.15, -0.1) is 0 Å². The number of imidazole rings is 1. The predicted octanol–water partition coefficient (Wildman–Crippen LogP) is 2.07. The van der Waals surface area contributed by atoms with Crippen molar-refractivity contribution >= 4 is 27.6 Å². The fourth-order valence-corrected chi connectivity index (χ4v) is 3.22. The van der Waals surface area contributed by atoms with Crippen molar-refractivity contribution < 1.29 is 9.18 Å². The molecule has 0 N–H and O–H groups in total. The zero-order valence-corrected chi connectivity index (χ0v) is 9.51. The van der Waals surface area contributed by atoms with Crippen LogP contribution in [-0.2, 0) is 4.79 Å². The Bertz CT molecular complexity index is 623. The molecule has 0 bridgehead atoms. The van der Waals surface area contributed by atoms with Gasteiger partial charge in [-0.05, 0) is 12.1 Å². The number of fused-ring (bicyclic) bond motifs is 1. The molecule has 86 valence electrons. The molecule has 2 heterocycles. The average Bonchev–Trinajstić information content (AvgIpc) is 2.88. The van der Waals surface area contributed by atoms with Gasteiger partial charge in [0.2, 0.25) is 0 Å². The van der Waals surface area contributed by atoms with Crippen LogP contribution in [0, 0.1) is 5.82 Å². The van der Waals surface area contributed by atoms with Gasteiger partial charge in [-0.25, -0.2) is 14.4 Å². The molecule has 3 rings (SSSR count). The standard InChI is InChI=1S/C11H8FN3OS/c12-9-3-1-2-8(4-9)11-14-10-5-13-6-15(10)17(11)7-16/h1-7,17H. The number of hydrogen-bond donors (Lipinski definition) is 1. The molecule has 1 aromatic carbocycles. The molecule has 17 heavy (non-hydrogen) atoms. The maximum Gasteiger partial charge on any atom is 0.179 e. The summed E-state index contributed by atoms with van der Waals surface area (Å²) in [6.45, 7) is 0. The molecule has 6 heteroatoms. The number of aliphatic imine (C=N–C) groups is 1. The van der Waals surface area contributed by atoms with Gasteiger partial charge in [0.05, 0.1) is 6.20 Å². The maximum absolute atomic E-state index is 13.2. The minimum atomic E-state index is -1.22. The first-order valence-corrected chi connectivity index (χ1v) is 6.28. The Balaban J connectivity index is 2.11. The second-order valence-corrected chi connectivity index (χ2v) is 5.25. The van der Waals surface area contributed by atoms with Crippen LogP contribution < -0.4 is 0 Å². The number of hydrogen-bond acceptors (Lipinski definition) is 3. The van der Waals surface area contributed by atoms with Gasteiger partial charge < -0.3 is 0 Å². The van der Waals surface area contributed by atoms with Crippen molar-refractivity contribution in [2.75, 3.05) is 0 Å². The van der Waals surface area contributed by atoms with Crippen LogP contribution in [0.5, 0.6) is 0 Å². The Hall–Kier alpha value is -1.95. The third kappa shape index (κ3) is 1.57. The molecule has 1 atom stereocenters. The predicted molar refractivity (Wildman–Crippen MR) is 66.0 cm³/mol. The van der Waals surface area contributed by atoms with E-state index < -0.39 is 11.1 Å². The smallest absolute Gasteiger partial charge is 0.179 e. The molecule has 0 aliphatic carbocycles. The van der Waals surface area contributed by atoms with E-state index in [4.69, 9.17) is 0 Å². The van der Waals surface area contributed by atoms with E-state index in [9.17, 15) is 9.18 Å². The molecule has 0 spiro atoms. The first-order chi connectivity index (χ1) is 8.29. The fourth-order valence-electron chi connectivity index (χ4n) is 1.71. The number of rotatable bonds is 2. The second kappa shape index (κ2) is 3.81. The Morgan fingerprint density at radius 2 is 2.29 bits per heavy atom. The molecule has 1 aliphatic heterocycles. The molecule has 0 radical (unpaired) electrons. The molecule has 0 fully saturated rings. The van der Waals surface area contributed by atoms with Crippen molar-refractivity contribution in [3.8, 4) is 0 Å². The van der Waals surface area contributed by atoms with Crippen LogP contribution in [0.3, 0.4) is 0 Å². The lowest BCUT2D eigenvalue weighted by Gasteiger charge is -2.12. The van der Waals surface area contributed by atoms with Crippen LogP contribution in [0.25, 0.3) is 0 Å². The van der Waals surface area contributed by atoms with E-state index >= 15 is 0 Å². The zero-order chi connectivity index (χ0) is 11.8. The van der Waals surface area contributed by atoms with Gasteiger partial charge in [-0.3, -0.25) is 8.77 Å². The van der Waals surface area contributed by atoms with E-state index in [1.165, 1.54) is 12.1 Å². The summed E-state index contributed by atoms with van der Waals surface area (Å²) in [7, 11) is 0. The fraction of sp³-hybridized carbons (Fsp3) is 0. The van der Waals surface area contributed by atoms with E-state index in [0.29, 0.717) is 16.4 Å². The average molecular weight is 249 g/mol. The second-order valence-electron chi connectivity index (χ2n) is 3.49. The molecule has 0 amide bonds. The number of aromatic nitrogens is 2. The quantitative estimate of drug-likeness (QED) is 0.654. The van der Waals surface area contributed by atoms with Gasteiger partial charge in [0, 0.05) is 5.56 Å². The molecule has 1 aliphatic rings. The largest absolute Gasteiger partial charge is 0.291 e. The molecule has 4 nitrogen and oxygen atoms in total. The molecule has 0 saturated heterocycles. The van der Waals surface area contributed by atoms with Crippen molar-refractivity contribution in [1.82, 2.24) is 8.96 Å². The van der Waals surface area contributed by atoms with Crippen LogP contribution >= 0.6 is 11.1 Å². The van der Waals surface area contributed by atoms with Crippen molar-refractivity contribution in [2.45, 2.75) is 0 Å². The highest BCUT2D eigenvalue weighted by molar-refractivity contribution is 8.39. The van der Waals surface area contributed by atoms with Gasteiger partial charge in [0.1, 0.15) is 17.2 Å². The first-order valence-electron chi connectivity index (χ1n) is 4.91. The van der Waals surface area contributed by atoms with Crippen LogP contribution in [0.2, 0.25) is 0 Å². The third-order valence-electron chi connectivity index (χ3n) is 2.45. The van der Waals surface area contributed by atoms with Crippen LogP contribution in [0.15, 0.2) is 41.8 Å².